The average molecular weight is 469 g/mol. The topological polar surface area (TPSA) is 79.9 Å². The second-order valence-corrected chi connectivity index (χ2v) is 9.62. The molecule has 146 valence electrons. The van der Waals surface area contributed by atoms with Crippen molar-refractivity contribution in [3.63, 3.8) is 0 Å². The van der Waals surface area contributed by atoms with E-state index in [0.717, 1.165) is 9.99 Å². The Hall–Kier alpha value is -2.77. The molecule has 4 aromatic rings. The molecule has 4 rings (SSSR count). The van der Waals surface area contributed by atoms with Gasteiger partial charge in [-0.2, -0.15) is 0 Å². The molecule has 0 saturated heterocycles. The molecule has 29 heavy (non-hydrogen) atoms. The maximum atomic E-state index is 13.3. The Balaban J connectivity index is 1.74. The van der Waals surface area contributed by atoms with Crippen LogP contribution in [0.3, 0.4) is 0 Å². The van der Waals surface area contributed by atoms with Crippen molar-refractivity contribution in [2.45, 2.75) is 10.8 Å². The summed E-state index contributed by atoms with van der Waals surface area (Å²) >= 11 is 3.31. The summed E-state index contributed by atoms with van der Waals surface area (Å²) in [4.78, 5) is 20.9. The van der Waals surface area contributed by atoms with Gasteiger partial charge in [0.1, 0.15) is 0 Å². The number of nitrogens with one attached hydrogen (secondary N) is 1. The standard InChI is InChI=1S/C22H17BrN2O3S/c23-16-10-12-17(13-11-16)29(27,28)14-18(15-6-2-1-3-7-15)21(26)22-24-19-8-4-5-9-20(19)25-22/h1-13,18H,14H2,(H,24,25). The van der Waals surface area contributed by atoms with Crippen molar-refractivity contribution in [1.29, 1.82) is 0 Å². The smallest absolute Gasteiger partial charge is 0.206 e. The first-order valence-electron chi connectivity index (χ1n) is 8.96. The molecule has 0 radical (unpaired) electrons. The highest BCUT2D eigenvalue weighted by molar-refractivity contribution is 9.10. The molecule has 0 amide bonds. The second-order valence-electron chi connectivity index (χ2n) is 6.67. The largest absolute Gasteiger partial charge is 0.335 e. The number of carbonyl (C=O) groups excluding carboxylic acids is 1. The predicted octanol–water partition coefficient (Wildman–Crippen LogP) is 4.77. The molecule has 5 nitrogen and oxygen atoms in total. The molecule has 7 heteroatoms. The van der Waals surface area contributed by atoms with Gasteiger partial charge in [0.05, 0.1) is 27.6 Å². The predicted molar refractivity (Wildman–Crippen MR) is 116 cm³/mol. The summed E-state index contributed by atoms with van der Waals surface area (Å²) in [6, 6.07) is 22.7. The van der Waals surface area contributed by atoms with E-state index >= 15 is 0 Å². The first-order valence-corrected chi connectivity index (χ1v) is 11.4. The highest BCUT2D eigenvalue weighted by atomic mass is 79.9. The van der Waals surface area contributed by atoms with Crippen LogP contribution in [0.2, 0.25) is 0 Å². The molecular weight excluding hydrogens is 452 g/mol. The van der Waals surface area contributed by atoms with Crippen LogP contribution in [-0.4, -0.2) is 29.9 Å². The molecule has 1 N–H and O–H groups in total. The van der Waals surface area contributed by atoms with Crippen LogP contribution in [0, 0.1) is 0 Å². The van der Waals surface area contributed by atoms with Gasteiger partial charge in [0, 0.05) is 4.47 Å². The van der Waals surface area contributed by atoms with Gasteiger partial charge in [0.2, 0.25) is 5.78 Å². The lowest BCUT2D eigenvalue weighted by molar-refractivity contribution is 0.0958. The first-order chi connectivity index (χ1) is 13.9. The lowest BCUT2D eigenvalue weighted by Gasteiger charge is -2.16. The lowest BCUT2D eigenvalue weighted by Crippen LogP contribution is -2.23. The lowest BCUT2D eigenvalue weighted by atomic mass is 9.96. The third kappa shape index (κ3) is 4.16. The number of nitrogens with zero attached hydrogens (tertiary/aromatic N) is 1. The molecule has 3 aromatic carbocycles. The number of hydrogen-bond acceptors (Lipinski definition) is 4. The number of aromatic amines is 1. The summed E-state index contributed by atoms with van der Waals surface area (Å²) in [6.45, 7) is 0. The van der Waals surface area contributed by atoms with Crippen LogP contribution in [0.25, 0.3) is 11.0 Å². The fourth-order valence-electron chi connectivity index (χ4n) is 3.20. The zero-order chi connectivity index (χ0) is 20.4. The Labute approximate surface area is 176 Å². The van der Waals surface area contributed by atoms with Crippen molar-refractivity contribution in [3.05, 3.63) is 94.7 Å². The van der Waals surface area contributed by atoms with E-state index in [4.69, 9.17) is 0 Å². The van der Waals surface area contributed by atoms with Gasteiger partial charge in [-0.05, 0) is 42.0 Å². The minimum atomic E-state index is -3.69. The molecule has 0 aliphatic carbocycles. The number of ketones is 1. The first kappa shape index (κ1) is 19.5. The molecule has 0 fully saturated rings. The third-order valence-corrected chi connectivity index (χ3v) is 6.99. The van der Waals surface area contributed by atoms with Crippen LogP contribution in [-0.2, 0) is 9.84 Å². The monoisotopic (exact) mass is 468 g/mol. The molecule has 1 atom stereocenters. The quantitative estimate of drug-likeness (QED) is 0.413. The molecule has 0 saturated carbocycles. The van der Waals surface area contributed by atoms with E-state index in [9.17, 15) is 13.2 Å². The Bertz CT molecular complexity index is 1230. The summed E-state index contributed by atoms with van der Waals surface area (Å²) in [6.07, 6.45) is 0. The molecule has 0 spiro atoms. The number of halogens is 1. The number of Topliss-reactive ketones (excluding diaryl/α,β-unsaturated/α-hetero) is 1. The number of benzene rings is 3. The van der Waals surface area contributed by atoms with E-state index in [1.165, 1.54) is 12.1 Å². The zero-order valence-corrected chi connectivity index (χ0v) is 17.7. The Kier molecular flexibility index (Phi) is 5.34. The highest BCUT2D eigenvalue weighted by Crippen LogP contribution is 2.26. The number of aromatic nitrogens is 2. The molecule has 0 aliphatic rings. The van der Waals surface area contributed by atoms with E-state index in [1.54, 1.807) is 42.5 Å². The maximum absolute atomic E-state index is 13.3. The van der Waals surface area contributed by atoms with Gasteiger partial charge >= 0.3 is 0 Å². The van der Waals surface area contributed by atoms with Crippen LogP contribution < -0.4 is 0 Å². The summed E-state index contributed by atoms with van der Waals surface area (Å²) < 4.78 is 26.9. The Morgan fingerprint density at radius 1 is 0.931 bits per heavy atom. The SMILES string of the molecule is O=C(c1nc2ccccc2[nH]1)C(CS(=O)(=O)c1ccc(Br)cc1)c1ccccc1. The number of para-hydroxylation sites is 2. The number of hydrogen-bond donors (Lipinski definition) is 1. The molecular formula is C22H17BrN2O3S. The van der Waals surface area contributed by atoms with Crippen molar-refractivity contribution < 1.29 is 13.2 Å². The van der Waals surface area contributed by atoms with E-state index in [-0.39, 0.29) is 22.3 Å². The molecule has 0 aliphatic heterocycles. The van der Waals surface area contributed by atoms with Gasteiger partial charge in [-0.3, -0.25) is 4.79 Å². The second kappa shape index (κ2) is 7.93. The highest BCUT2D eigenvalue weighted by Gasteiger charge is 2.30. The number of rotatable bonds is 6. The van der Waals surface area contributed by atoms with E-state index in [1.807, 2.05) is 24.3 Å². The Morgan fingerprint density at radius 3 is 2.28 bits per heavy atom. The summed E-state index contributed by atoms with van der Waals surface area (Å²) in [7, 11) is -3.69. The van der Waals surface area contributed by atoms with Gasteiger partial charge < -0.3 is 4.98 Å². The van der Waals surface area contributed by atoms with Crippen molar-refractivity contribution >= 4 is 42.6 Å². The van der Waals surface area contributed by atoms with Crippen molar-refractivity contribution in [1.82, 2.24) is 9.97 Å². The van der Waals surface area contributed by atoms with Crippen LogP contribution in [0.4, 0.5) is 0 Å². The molecule has 0 bridgehead atoms. The van der Waals surface area contributed by atoms with Crippen molar-refractivity contribution in [2.75, 3.05) is 5.75 Å². The number of sulfone groups is 1. The minimum Gasteiger partial charge on any atom is -0.335 e. The Morgan fingerprint density at radius 2 is 1.59 bits per heavy atom. The van der Waals surface area contributed by atoms with Crippen LogP contribution in [0.1, 0.15) is 22.1 Å². The van der Waals surface area contributed by atoms with Gasteiger partial charge in [0.15, 0.2) is 15.7 Å². The number of H-pyrrole nitrogens is 1. The minimum absolute atomic E-state index is 0.158. The van der Waals surface area contributed by atoms with Gasteiger partial charge in [0.25, 0.3) is 0 Å². The third-order valence-electron chi connectivity index (χ3n) is 4.70. The molecule has 1 heterocycles. The van der Waals surface area contributed by atoms with Crippen LogP contribution >= 0.6 is 15.9 Å². The fourth-order valence-corrected chi connectivity index (χ4v) is 4.99. The summed E-state index contributed by atoms with van der Waals surface area (Å²) in [5.74, 6) is -1.40. The van der Waals surface area contributed by atoms with Crippen molar-refractivity contribution in [2.24, 2.45) is 0 Å². The van der Waals surface area contributed by atoms with Gasteiger partial charge in [-0.25, -0.2) is 13.4 Å². The molecule has 1 aromatic heterocycles. The van der Waals surface area contributed by atoms with Crippen LogP contribution in [0.15, 0.2) is 88.2 Å². The van der Waals surface area contributed by atoms with Crippen molar-refractivity contribution in [3.8, 4) is 0 Å². The fraction of sp³-hybridized carbons (Fsp3) is 0.0909. The zero-order valence-electron chi connectivity index (χ0n) is 15.2. The van der Waals surface area contributed by atoms with Gasteiger partial charge in [-0.1, -0.05) is 58.4 Å². The number of carbonyl (C=O) groups is 1. The summed E-state index contributed by atoms with van der Waals surface area (Å²) in [5, 5.41) is 0. The number of imidazole rings is 1. The maximum Gasteiger partial charge on any atom is 0.206 e. The average Bonchev–Trinajstić information content (AvgIpc) is 3.17. The normalized spacial score (nSPS) is 12.7. The molecule has 1 unspecified atom stereocenters. The number of fused-ring (bicyclic) bond motifs is 1. The van der Waals surface area contributed by atoms with Gasteiger partial charge in [-0.15, -0.1) is 0 Å². The van der Waals surface area contributed by atoms with Crippen LogP contribution in [0.5, 0.6) is 0 Å². The van der Waals surface area contributed by atoms with E-state index in [2.05, 4.69) is 25.9 Å². The van der Waals surface area contributed by atoms with E-state index in [0.29, 0.717) is 11.1 Å². The summed E-state index contributed by atoms with van der Waals surface area (Å²) in [5.41, 5.74) is 2.04. The van der Waals surface area contributed by atoms with E-state index < -0.39 is 15.8 Å².